The van der Waals surface area contributed by atoms with E-state index in [1.54, 1.807) is 6.92 Å². The number of Topliss-reactive ketones (excluding diaryl/α,β-unsaturated/α-hetero) is 1. The van der Waals surface area contributed by atoms with Gasteiger partial charge in [-0.3, -0.25) is 10.1 Å². The summed E-state index contributed by atoms with van der Waals surface area (Å²) in [6.45, 7) is 5.74. The molecule has 0 heterocycles. The smallest absolute Gasteiger partial charge is 0.147 e. The van der Waals surface area contributed by atoms with E-state index < -0.39 is 6.23 Å². The van der Waals surface area contributed by atoms with Crippen LogP contribution >= 0.6 is 0 Å². The predicted octanol–water partition coefficient (Wildman–Crippen LogP) is 2.87. The van der Waals surface area contributed by atoms with Crippen LogP contribution in [-0.2, 0) is 4.79 Å². The van der Waals surface area contributed by atoms with Crippen LogP contribution in [0.5, 0.6) is 0 Å². The summed E-state index contributed by atoms with van der Waals surface area (Å²) in [7, 11) is 0. The second-order valence-electron chi connectivity index (χ2n) is 5.88. The van der Waals surface area contributed by atoms with E-state index in [0.717, 1.165) is 25.2 Å². The number of carbonyl (C=O) groups is 1. The van der Waals surface area contributed by atoms with Crippen LogP contribution in [0.25, 0.3) is 0 Å². The molecule has 2 unspecified atom stereocenters. The van der Waals surface area contributed by atoms with Gasteiger partial charge in [0.05, 0.1) is 6.04 Å². The van der Waals surface area contributed by atoms with Gasteiger partial charge in [0.1, 0.15) is 12.0 Å². The Balaban J connectivity index is 2.31. The SMILES string of the molecule is CCC(C)[C@H](NC(O)CCC1CCCC1)C(C)=O. The van der Waals surface area contributed by atoms with Gasteiger partial charge in [-0.2, -0.15) is 0 Å². The van der Waals surface area contributed by atoms with Gasteiger partial charge in [0.15, 0.2) is 0 Å². The van der Waals surface area contributed by atoms with Gasteiger partial charge in [0.25, 0.3) is 0 Å². The summed E-state index contributed by atoms with van der Waals surface area (Å²) in [5.74, 6) is 1.20. The zero-order valence-electron chi connectivity index (χ0n) is 12.1. The van der Waals surface area contributed by atoms with Crippen LogP contribution in [0.2, 0.25) is 0 Å². The Morgan fingerprint density at radius 3 is 2.50 bits per heavy atom. The maximum Gasteiger partial charge on any atom is 0.147 e. The zero-order valence-corrected chi connectivity index (χ0v) is 12.1. The topological polar surface area (TPSA) is 49.3 Å². The summed E-state index contributed by atoms with van der Waals surface area (Å²) in [5.41, 5.74) is 0. The molecule has 0 aromatic carbocycles. The Labute approximate surface area is 111 Å². The average Bonchev–Trinajstić information content (AvgIpc) is 2.85. The summed E-state index contributed by atoms with van der Waals surface area (Å²) in [6.07, 6.45) is 7.58. The molecule has 2 N–H and O–H groups in total. The van der Waals surface area contributed by atoms with Gasteiger partial charge in [0, 0.05) is 0 Å². The highest BCUT2D eigenvalue weighted by Gasteiger charge is 2.23. The Morgan fingerprint density at radius 2 is 2.00 bits per heavy atom. The van der Waals surface area contributed by atoms with Crippen molar-refractivity contribution in [1.29, 1.82) is 0 Å². The van der Waals surface area contributed by atoms with Crippen molar-refractivity contribution in [1.82, 2.24) is 5.32 Å². The molecule has 0 aromatic rings. The summed E-state index contributed by atoms with van der Waals surface area (Å²) >= 11 is 0. The molecule has 1 saturated carbocycles. The fourth-order valence-corrected chi connectivity index (χ4v) is 2.90. The minimum Gasteiger partial charge on any atom is -0.379 e. The van der Waals surface area contributed by atoms with E-state index in [4.69, 9.17) is 0 Å². The molecular weight excluding hydrogens is 226 g/mol. The maximum atomic E-state index is 11.6. The molecule has 106 valence electrons. The number of carbonyl (C=O) groups excluding carboxylic acids is 1. The summed E-state index contributed by atoms with van der Waals surface area (Å²) < 4.78 is 0. The van der Waals surface area contributed by atoms with Crippen molar-refractivity contribution in [2.45, 2.75) is 78.0 Å². The van der Waals surface area contributed by atoms with E-state index in [9.17, 15) is 9.90 Å². The quantitative estimate of drug-likeness (QED) is 0.656. The van der Waals surface area contributed by atoms with E-state index in [1.807, 2.05) is 0 Å². The van der Waals surface area contributed by atoms with Crippen molar-refractivity contribution in [3.63, 3.8) is 0 Å². The van der Waals surface area contributed by atoms with E-state index >= 15 is 0 Å². The van der Waals surface area contributed by atoms with Gasteiger partial charge in [-0.25, -0.2) is 0 Å². The number of ketones is 1. The monoisotopic (exact) mass is 255 g/mol. The Morgan fingerprint density at radius 1 is 1.39 bits per heavy atom. The van der Waals surface area contributed by atoms with E-state index in [1.165, 1.54) is 25.7 Å². The molecule has 1 rings (SSSR count). The molecule has 0 radical (unpaired) electrons. The second-order valence-corrected chi connectivity index (χ2v) is 5.88. The number of nitrogens with one attached hydrogen (secondary N) is 1. The lowest BCUT2D eigenvalue weighted by molar-refractivity contribution is -0.121. The number of aliphatic hydroxyl groups is 1. The van der Waals surface area contributed by atoms with Crippen LogP contribution in [0.4, 0.5) is 0 Å². The van der Waals surface area contributed by atoms with Crippen molar-refractivity contribution in [3.8, 4) is 0 Å². The minimum absolute atomic E-state index is 0.129. The third kappa shape index (κ3) is 5.07. The zero-order chi connectivity index (χ0) is 13.5. The first-order valence-corrected chi connectivity index (χ1v) is 7.49. The van der Waals surface area contributed by atoms with Crippen LogP contribution in [0.3, 0.4) is 0 Å². The first-order valence-electron chi connectivity index (χ1n) is 7.49. The molecule has 3 nitrogen and oxygen atoms in total. The Bertz CT molecular complexity index is 249. The Kier molecular flexibility index (Phi) is 6.87. The Hall–Kier alpha value is -0.410. The van der Waals surface area contributed by atoms with Gasteiger partial charge in [0.2, 0.25) is 0 Å². The normalized spacial score (nSPS) is 21.8. The number of hydrogen-bond donors (Lipinski definition) is 2. The van der Waals surface area contributed by atoms with Gasteiger partial charge in [-0.15, -0.1) is 0 Å². The highest BCUT2D eigenvalue weighted by atomic mass is 16.3. The molecule has 3 heteroatoms. The molecule has 0 aromatic heterocycles. The van der Waals surface area contributed by atoms with Gasteiger partial charge in [-0.1, -0.05) is 46.0 Å². The highest BCUT2D eigenvalue weighted by Crippen LogP contribution is 2.28. The maximum absolute atomic E-state index is 11.6. The second kappa shape index (κ2) is 7.90. The van der Waals surface area contributed by atoms with Crippen LogP contribution in [0.1, 0.15) is 65.7 Å². The first-order chi connectivity index (χ1) is 8.54. The lowest BCUT2D eigenvalue weighted by Gasteiger charge is -2.25. The molecule has 1 aliphatic carbocycles. The van der Waals surface area contributed by atoms with Crippen LogP contribution in [0.15, 0.2) is 0 Å². The van der Waals surface area contributed by atoms with Gasteiger partial charge >= 0.3 is 0 Å². The highest BCUT2D eigenvalue weighted by molar-refractivity contribution is 5.81. The molecule has 0 amide bonds. The van der Waals surface area contributed by atoms with Crippen molar-refractivity contribution in [2.75, 3.05) is 0 Å². The van der Waals surface area contributed by atoms with Crippen LogP contribution in [0, 0.1) is 11.8 Å². The molecule has 1 aliphatic rings. The van der Waals surface area contributed by atoms with Crippen molar-refractivity contribution in [3.05, 3.63) is 0 Å². The fraction of sp³-hybridized carbons (Fsp3) is 0.933. The van der Waals surface area contributed by atoms with Crippen molar-refractivity contribution >= 4 is 5.78 Å². The minimum atomic E-state index is -0.534. The molecule has 0 saturated heterocycles. The lowest BCUT2D eigenvalue weighted by atomic mass is 9.95. The third-order valence-corrected chi connectivity index (χ3v) is 4.35. The first kappa shape index (κ1) is 15.6. The predicted molar refractivity (Wildman–Crippen MR) is 74.3 cm³/mol. The molecule has 0 aliphatic heterocycles. The summed E-state index contributed by atoms with van der Waals surface area (Å²) in [4.78, 5) is 11.6. The third-order valence-electron chi connectivity index (χ3n) is 4.35. The fourth-order valence-electron chi connectivity index (χ4n) is 2.90. The van der Waals surface area contributed by atoms with Gasteiger partial charge < -0.3 is 5.11 Å². The van der Waals surface area contributed by atoms with Crippen molar-refractivity contribution in [2.24, 2.45) is 11.8 Å². The van der Waals surface area contributed by atoms with E-state index in [2.05, 4.69) is 19.2 Å². The number of rotatable bonds is 8. The molecule has 0 bridgehead atoms. The van der Waals surface area contributed by atoms with Crippen LogP contribution in [-0.4, -0.2) is 23.2 Å². The molecule has 1 fully saturated rings. The largest absolute Gasteiger partial charge is 0.379 e. The van der Waals surface area contributed by atoms with Crippen molar-refractivity contribution < 1.29 is 9.90 Å². The van der Waals surface area contributed by atoms with E-state index in [0.29, 0.717) is 0 Å². The lowest BCUT2D eigenvalue weighted by Crippen LogP contribution is -2.46. The average molecular weight is 255 g/mol. The molecule has 3 atom stereocenters. The standard InChI is InChI=1S/C15H29NO2/c1-4-11(2)15(12(3)17)16-14(18)10-9-13-7-5-6-8-13/h11,13-16,18H,4-10H2,1-3H3/t11?,14?,15-/m0/s1. The van der Waals surface area contributed by atoms with Crippen LogP contribution < -0.4 is 5.32 Å². The molecule has 0 spiro atoms. The number of hydrogen-bond acceptors (Lipinski definition) is 3. The summed E-state index contributed by atoms with van der Waals surface area (Å²) in [5, 5.41) is 13.1. The molecule has 18 heavy (non-hydrogen) atoms. The van der Waals surface area contributed by atoms with Gasteiger partial charge in [-0.05, 0) is 31.6 Å². The summed E-state index contributed by atoms with van der Waals surface area (Å²) in [6, 6.07) is -0.200. The molecular formula is C15H29NO2. The number of aliphatic hydroxyl groups excluding tert-OH is 1. The van der Waals surface area contributed by atoms with E-state index in [-0.39, 0.29) is 17.7 Å².